The smallest absolute Gasteiger partial charge is 0.232 e. The van der Waals surface area contributed by atoms with Crippen LogP contribution in [0, 0.1) is 23.2 Å². The Bertz CT molecular complexity index is 363. The van der Waals surface area contributed by atoms with Gasteiger partial charge in [-0.05, 0) is 7.05 Å². The van der Waals surface area contributed by atoms with Gasteiger partial charge in [-0.25, -0.2) is 9.97 Å². The predicted octanol–water partition coefficient (Wildman–Crippen LogP) is -0.0808. The van der Waals surface area contributed by atoms with Gasteiger partial charge in [0.15, 0.2) is 0 Å². The van der Waals surface area contributed by atoms with Gasteiger partial charge in [0.05, 0.1) is 12.1 Å². The van der Waals surface area contributed by atoms with Crippen molar-refractivity contribution in [3.8, 4) is 17.9 Å². The van der Waals surface area contributed by atoms with E-state index < -0.39 is 0 Å². The van der Waals surface area contributed by atoms with Crippen molar-refractivity contribution >= 4 is 0 Å². The number of nitriles is 1. The van der Waals surface area contributed by atoms with Crippen molar-refractivity contribution in [3.63, 3.8) is 0 Å². The molecule has 1 rings (SSSR count). The first-order chi connectivity index (χ1) is 6.36. The Balaban J connectivity index is 2.72. The maximum atomic E-state index is 8.42. The van der Waals surface area contributed by atoms with Gasteiger partial charge in [0.25, 0.3) is 0 Å². The van der Waals surface area contributed by atoms with E-state index in [0.717, 1.165) is 0 Å². The van der Waals surface area contributed by atoms with E-state index in [1.807, 2.05) is 13.1 Å². The Morgan fingerprint density at radius 3 is 2.69 bits per heavy atom. The lowest BCUT2D eigenvalue weighted by molar-refractivity contribution is 0.938. The highest BCUT2D eigenvalue weighted by atomic mass is 14.9. The van der Waals surface area contributed by atoms with Crippen molar-refractivity contribution in [3.05, 3.63) is 23.8 Å². The van der Waals surface area contributed by atoms with E-state index in [1.54, 1.807) is 0 Å². The second-order valence-corrected chi connectivity index (χ2v) is 2.24. The molecule has 0 aliphatic carbocycles. The molecule has 0 spiro atoms. The molecule has 0 bridgehead atoms. The lowest BCUT2D eigenvalue weighted by atomic mass is 10.3. The second kappa shape index (κ2) is 4.87. The zero-order chi connectivity index (χ0) is 9.52. The Morgan fingerprint density at radius 1 is 1.46 bits per heavy atom. The van der Waals surface area contributed by atoms with E-state index in [9.17, 15) is 0 Å². The van der Waals surface area contributed by atoms with E-state index >= 15 is 0 Å². The molecule has 1 aromatic heterocycles. The van der Waals surface area contributed by atoms with Crippen LogP contribution in [0.1, 0.15) is 11.4 Å². The number of nitrogens with one attached hydrogen (secondary N) is 1. The number of aromatic nitrogens is 2. The summed E-state index contributed by atoms with van der Waals surface area (Å²) in [6, 6.07) is 1.84. The monoisotopic (exact) mass is 172 g/mol. The molecule has 1 N–H and O–H groups in total. The molecule has 0 saturated heterocycles. The summed E-state index contributed by atoms with van der Waals surface area (Å²) in [5, 5.41) is 11.3. The van der Waals surface area contributed by atoms with E-state index in [4.69, 9.17) is 5.26 Å². The van der Waals surface area contributed by atoms with Crippen LogP contribution in [-0.4, -0.2) is 23.6 Å². The van der Waals surface area contributed by atoms with E-state index in [0.29, 0.717) is 12.1 Å². The third-order valence-corrected chi connectivity index (χ3v) is 1.25. The summed E-state index contributed by atoms with van der Waals surface area (Å²) in [4.78, 5) is 7.56. The van der Waals surface area contributed by atoms with Crippen LogP contribution in [0.2, 0.25) is 0 Å². The molecule has 1 heterocycles. The second-order valence-electron chi connectivity index (χ2n) is 2.24. The minimum absolute atomic E-state index is 0.166. The van der Waals surface area contributed by atoms with Crippen molar-refractivity contribution in [1.82, 2.24) is 15.3 Å². The summed E-state index contributed by atoms with van der Waals surface area (Å²) in [6.07, 6.45) is 3.07. The molecule has 4 heteroatoms. The zero-order valence-electron chi connectivity index (χ0n) is 7.20. The van der Waals surface area contributed by atoms with E-state index in [-0.39, 0.29) is 5.82 Å². The number of nitrogens with zero attached hydrogens (tertiary/aromatic N) is 3. The molecule has 4 nitrogen and oxygen atoms in total. The van der Waals surface area contributed by atoms with Gasteiger partial charge >= 0.3 is 0 Å². The lowest BCUT2D eigenvalue weighted by Crippen LogP contribution is -2.04. The lowest BCUT2D eigenvalue weighted by Gasteiger charge is -1.88. The van der Waals surface area contributed by atoms with Crippen LogP contribution in [-0.2, 0) is 0 Å². The Hall–Kier alpha value is -1.91. The van der Waals surface area contributed by atoms with Gasteiger partial charge in [0.2, 0.25) is 5.82 Å². The summed E-state index contributed by atoms with van der Waals surface area (Å²) < 4.78 is 0. The van der Waals surface area contributed by atoms with Crippen molar-refractivity contribution < 1.29 is 0 Å². The van der Waals surface area contributed by atoms with Crippen molar-refractivity contribution in [2.75, 3.05) is 13.6 Å². The molecule has 0 amide bonds. The zero-order valence-corrected chi connectivity index (χ0v) is 7.20. The SMILES string of the molecule is CNCC#Cc1cnc(C#N)nc1. The van der Waals surface area contributed by atoms with Gasteiger partial charge in [0.1, 0.15) is 6.07 Å². The van der Waals surface area contributed by atoms with Gasteiger partial charge in [0, 0.05) is 12.4 Å². The summed E-state index contributed by atoms with van der Waals surface area (Å²) >= 11 is 0. The number of hydrogen-bond donors (Lipinski definition) is 1. The molecular formula is C9H8N4. The summed E-state index contributed by atoms with van der Waals surface area (Å²) in [7, 11) is 1.82. The summed E-state index contributed by atoms with van der Waals surface area (Å²) in [5.41, 5.74) is 0.717. The first-order valence-corrected chi connectivity index (χ1v) is 3.72. The molecule has 1 aromatic rings. The first kappa shape index (κ1) is 9.18. The Labute approximate surface area is 76.6 Å². The van der Waals surface area contributed by atoms with Gasteiger partial charge in [-0.1, -0.05) is 11.8 Å². The highest BCUT2D eigenvalue weighted by molar-refractivity contribution is 5.30. The van der Waals surface area contributed by atoms with Crippen LogP contribution < -0.4 is 5.32 Å². The van der Waals surface area contributed by atoms with Crippen LogP contribution >= 0.6 is 0 Å². The van der Waals surface area contributed by atoms with Crippen LogP contribution in [0.5, 0.6) is 0 Å². The van der Waals surface area contributed by atoms with Crippen LogP contribution in [0.25, 0.3) is 0 Å². The molecule has 0 aliphatic heterocycles. The highest BCUT2D eigenvalue weighted by Crippen LogP contribution is 1.91. The van der Waals surface area contributed by atoms with Gasteiger partial charge in [-0.3, -0.25) is 0 Å². The summed E-state index contributed by atoms with van der Waals surface area (Å²) in [6.45, 7) is 0.625. The predicted molar refractivity (Wildman–Crippen MR) is 47.6 cm³/mol. The maximum Gasteiger partial charge on any atom is 0.232 e. The molecule has 0 aliphatic rings. The fourth-order valence-electron chi connectivity index (χ4n) is 0.685. The van der Waals surface area contributed by atoms with Gasteiger partial charge < -0.3 is 5.32 Å². The topological polar surface area (TPSA) is 61.6 Å². The summed E-state index contributed by atoms with van der Waals surface area (Å²) in [5.74, 6) is 5.88. The number of hydrogen-bond acceptors (Lipinski definition) is 4. The van der Waals surface area contributed by atoms with Gasteiger partial charge in [-0.2, -0.15) is 5.26 Å². The van der Waals surface area contributed by atoms with Crippen molar-refractivity contribution in [2.45, 2.75) is 0 Å². The molecular weight excluding hydrogens is 164 g/mol. The van der Waals surface area contributed by atoms with Crippen molar-refractivity contribution in [1.29, 1.82) is 5.26 Å². The van der Waals surface area contributed by atoms with Gasteiger partial charge in [-0.15, -0.1) is 0 Å². The fraction of sp³-hybridized carbons (Fsp3) is 0.222. The quantitative estimate of drug-likeness (QED) is 0.602. The average Bonchev–Trinajstić information content (AvgIpc) is 2.19. The standard InChI is InChI=1S/C9H8N4/c1-11-4-2-3-8-6-12-9(5-10)13-7-8/h6-7,11H,4H2,1H3. The molecule has 0 aromatic carbocycles. The fourth-order valence-corrected chi connectivity index (χ4v) is 0.685. The van der Waals surface area contributed by atoms with Crippen LogP contribution in [0.3, 0.4) is 0 Å². The van der Waals surface area contributed by atoms with Crippen LogP contribution in [0.4, 0.5) is 0 Å². The molecule has 13 heavy (non-hydrogen) atoms. The first-order valence-electron chi connectivity index (χ1n) is 3.72. The van der Waals surface area contributed by atoms with Crippen LogP contribution in [0.15, 0.2) is 12.4 Å². The molecule has 0 radical (unpaired) electrons. The number of rotatable bonds is 1. The third-order valence-electron chi connectivity index (χ3n) is 1.25. The third kappa shape index (κ3) is 2.90. The molecule has 64 valence electrons. The Kier molecular flexibility index (Phi) is 3.44. The minimum Gasteiger partial charge on any atom is -0.309 e. The van der Waals surface area contributed by atoms with Crippen molar-refractivity contribution in [2.24, 2.45) is 0 Å². The molecule has 0 unspecified atom stereocenters. The maximum absolute atomic E-state index is 8.42. The molecule has 0 saturated carbocycles. The molecule has 0 atom stereocenters. The largest absolute Gasteiger partial charge is 0.309 e. The van der Waals surface area contributed by atoms with E-state index in [2.05, 4.69) is 27.1 Å². The Morgan fingerprint density at radius 2 is 2.15 bits per heavy atom. The minimum atomic E-state index is 0.166. The normalized spacial score (nSPS) is 8.31. The average molecular weight is 172 g/mol. The highest BCUT2D eigenvalue weighted by Gasteiger charge is 1.91. The van der Waals surface area contributed by atoms with E-state index in [1.165, 1.54) is 12.4 Å². The molecule has 0 fully saturated rings.